The van der Waals surface area contributed by atoms with E-state index in [1.165, 1.54) is 24.8 Å². The van der Waals surface area contributed by atoms with E-state index in [1.54, 1.807) is 36.4 Å². The number of halogens is 1. The van der Waals surface area contributed by atoms with Gasteiger partial charge in [0.2, 0.25) is 0 Å². The average molecular weight is 1730 g/mol. The first-order chi connectivity index (χ1) is 60.6. The van der Waals surface area contributed by atoms with E-state index < -0.39 is 22.5 Å². The van der Waals surface area contributed by atoms with Crippen molar-refractivity contribution in [2.45, 2.75) is 195 Å². The summed E-state index contributed by atoms with van der Waals surface area (Å²) in [6.07, 6.45) is 12.5. The zero-order valence-corrected chi connectivity index (χ0v) is 75.3. The van der Waals surface area contributed by atoms with Gasteiger partial charge in [0, 0.05) is 168 Å². The third-order valence-corrected chi connectivity index (χ3v) is 24.8. The molecule has 4 aromatic heterocycles. The monoisotopic (exact) mass is 1720 g/mol. The minimum atomic E-state index is -0.475. The second-order valence-corrected chi connectivity index (χ2v) is 35.3. The number of hydrogen-bond acceptors (Lipinski definition) is 20. The van der Waals surface area contributed by atoms with E-state index in [1.807, 2.05) is 183 Å². The fraction of sp³-hybridized carbons (Fsp3) is 0.390. The molecule has 0 aliphatic carbocycles. The Morgan fingerprint density at radius 2 is 0.667 bits per heavy atom. The van der Waals surface area contributed by atoms with E-state index in [9.17, 15) is 38.4 Å². The van der Waals surface area contributed by atoms with Crippen molar-refractivity contribution in [3.8, 4) is 23.0 Å². The third kappa shape index (κ3) is 25.3. The second-order valence-electron chi connectivity index (χ2n) is 34.9. The first kappa shape index (κ1) is 92.3. The predicted octanol–water partition coefficient (Wildman–Crippen LogP) is 18.0. The highest BCUT2D eigenvalue weighted by atomic mass is 35.5. The largest absolute Gasteiger partial charge is 0.493 e. The average Bonchev–Trinajstić information content (AvgIpc) is 0.801. The zero-order chi connectivity index (χ0) is 89.2. The molecular weight excluding hydrogens is 1610 g/mol. The maximum atomic E-state index is 12.6. The summed E-state index contributed by atoms with van der Waals surface area (Å²) in [5, 5.41) is 7.38. The van der Waals surface area contributed by atoms with Crippen LogP contribution in [0.5, 0.6) is 23.0 Å². The molecule has 8 aromatic carbocycles. The van der Waals surface area contributed by atoms with Crippen molar-refractivity contribution in [3.05, 3.63) is 300 Å². The normalized spacial score (nSPS) is 15.5. The lowest BCUT2D eigenvalue weighted by Crippen LogP contribution is -2.35. The minimum Gasteiger partial charge on any atom is -0.493 e. The molecule has 4 aliphatic rings. The van der Waals surface area contributed by atoms with Crippen LogP contribution in [0.3, 0.4) is 0 Å². The van der Waals surface area contributed by atoms with Gasteiger partial charge in [0.05, 0.1) is 6.61 Å². The maximum Gasteiger partial charge on any atom is 0.339 e. The summed E-state index contributed by atoms with van der Waals surface area (Å²) in [6.45, 7) is 23.6. The van der Waals surface area contributed by atoms with Gasteiger partial charge in [0.25, 0.3) is 0 Å². The van der Waals surface area contributed by atoms with Gasteiger partial charge in [-0.2, -0.15) is 0 Å². The maximum absolute atomic E-state index is 12.6. The number of carbonyl (C=O) groups is 4. The molecule has 8 heterocycles. The minimum absolute atomic E-state index is 0.00107. The molecule has 4 fully saturated rings. The number of ether oxygens (including phenoxy) is 4. The lowest BCUT2D eigenvalue weighted by molar-refractivity contribution is -0.118. The number of hydrogen-bond donors (Lipinski definition) is 1. The predicted molar refractivity (Wildman–Crippen MR) is 497 cm³/mol. The summed E-state index contributed by atoms with van der Waals surface area (Å²) in [6, 6.07) is 51.9. The van der Waals surface area contributed by atoms with Gasteiger partial charge in [-0.3, -0.25) is 19.2 Å². The third-order valence-electron chi connectivity index (χ3n) is 24.6. The molecule has 4 aliphatic heterocycles. The Balaban J connectivity index is 0.000000144. The van der Waals surface area contributed by atoms with Crippen LogP contribution in [-0.2, 0) is 70.5 Å². The smallest absolute Gasteiger partial charge is 0.339 e. The van der Waals surface area contributed by atoms with Crippen LogP contribution >= 0.6 is 11.6 Å². The molecule has 12 aromatic rings. The summed E-state index contributed by atoms with van der Waals surface area (Å²) < 4.78 is 47.2. The lowest BCUT2D eigenvalue weighted by Gasteiger charge is -2.29. The molecule has 0 amide bonds. The number of Topliss-reactive ketones (excluding diaryl/α,β-unsaturated/α-hetero) is 4. The summed E-state index contributed by atoms with van der Waals surface area (Å²) in [7, 11) is 6.36. The number of rotatable bonds is 26. The molecule has 0 radical (unpaired) electrons. The summed E-state index contributed by atoms with van der Waals surface area (Å²) in [4.78, 5) is 107. The summed E-state index contributed by atoms with van der Waals surface area (Å²) in [5.41, 5.74) is 13.5. The van der Waals surface area contributed by atoms with Crippen LogP contribution in [0.25, 0.3) is 43.9 Å². The molecule has 16 rings (SSSR count). The van der Waals surface area contributed by atoms with Crippen molar-refractivity contribution in [2.75, 3.05) is 73.6 Å². The van der Waals surface area contributed by atoms with E-state index in [0.29, 0.717) is 81.5 Å². The van der Waals surface area contributed by atoms with Crippen molar-refractivity contribution in [2.24, 2.45) is 0 Å². The van der Waals surface area contributed by atoms with Crippen molar-refractivity contribution < 1.29 is 55.8 Å². The fourth-order valence-electron chi connectivity index (χ4n) is 16.7. The Bertz CT molecular complexity index is 5930. The molecular formula is C105H117ClN4O16. The number of fused-ring (bicyclic) bond motifs is 4. The van der Waals surface area contributed by atoms with Crippen molar-refractivity contribution >= 4 is 78.6 Å². The first-order valence-corrected chi connectivity index (χ1v) is 44.6. The van der Waals surface area contributed by atoms with Crippen molar-refractivity contribution in [1.82, 2.24) is 20.0 Å². The number of nitrogens with zero attached hydrogens (tertiary/aromatic N) is 3. The number of piperidine rings is 4. The fourth-order valence-corrected chi connectivity index (χ4v) is 16.8. The molecule has 660 valence electrons. The van der Waals surface area contributed by atoms with Gasteiger partial charge >= 0.3 is 22.5 Å². The molecule has 1 atom stereocenters. The number of aryl methyl sites for hydroxylation is 8. The topological polar surface area (TPSA) is 248 Å². The number of likely N-dealkylation sites (tertiary alicyclic amines) is 3. The van der Waals surface area contributed by atoms with E-state index in [2.05, 4.69) is 41.2 Å². The molecule has 20 nitrogen and oxygen atoms in total. The van der Waals surface area contributed by atoms with E-state index >= 15 is 0 Å². The van der Waals surface area contributed by atoms with Crippen LogP contribution in [0, 0.1) is 55.4 Å². The van der Waals surface area contributed by atoms with Crippen LogP contribution < -0.4 is 46.8 Å². The van der Waals surface area contributed by atoms with Crippen LogP contribution in [0.2, 0.25) is 5.02 Å². The highest BCUT2D eigenvalue weighted by molar-refractivity contribution is 6.30. The molecule has 0 bridgehead atoms. The van der Waals surface area contributed by atoms with E-state index in [4.69, 9.17) is 48.2 Å². The Morgan fingerprint density at radius 1 is 0.357 bits per heavy atom. The molecule has 1 unspecified atom stereocenters. The molecule has 4 saturated heterocycles. The van der Waals surface area contributed by atoms with Crippen molar-refractivity contribution in [3.63, 3.8) is 0 Å². The van der Waals surface area contributed by atoms with Crippen LogP contribution in [0.15, 0.2) is 201 Å². The van der Waals surface area contributed by atoms with Gasteiger partial charge < -0.3 is 56.6 Å². The van der Waals surface area contributed by atoms with E-state index in [-0.39, 0.29) is 73.5 Å². The Kier molecular flexibility index (Phi) is 31.6. The lowest BCUT2D eigenvalue weighted by atomic mass is 9.99. The van der Waals surface area contributed by atoms with Gasteiger partial charge in [0.15, 0.2) is 0 Å². The van der Waals surface area contributed by atoms with Gasteiger partial charge in [0.1, 0.15) is 86.8 Å². The molecule has 21 heteroatoms. The standard InChI is InChI=1S/2C27H31NO4.C26H29NO4.C25H26ClNO4/c1-17-5-6-20(13-18(17)2)14-23(29)16-22-15-21-7-8-25(19(3)26(21)32-27(22)30)31-24-9-11-28(4)12-10-24;1-18-6-8-20(9-7-18)15-24(29)17-22-16-21-10-11-25(19(2)26(21)32-27(22)30)31-14-12-23-5-3-4-13-28-23;1-17-4-6-19(7-5-17)14-22(28)16-21-15-20-8-9-24(18(2)25(20)31-26(21)29)30-23-10-12-27(3)13-11-23;1-16-23(30-22-9-11-27(2)12-10-22)8-5-18-14-19(25(29)31-24(16)18)15-21(28)13-17-3-6-20(26)7-4-17/h5-8,13,15,24H,9-12,14,16H2,1-4H3;6-11,16,23,28H,3-5,12-15,17H2,1-2H3;4-9,15,23H,10-14,16H2,1-3H3;3-8,14,22H,9-13,15H2,1-2H3. The summed E-state index contributed by atoms with van der Waals surface area (Å²) in [5.74, 6) is 2.94. The Morgan fingerprint density at radius 3 is 0.992 bits per heavy atom. The quantitative estimate of drug-likeness (QED) is 0.0495. The molecule has 1 N–H and O–H groups in total. The molecule has 0 spiro atoms. The number of nitrogens with one attached hydrogen (secondary N) is 1. The van der Waals surface area contributed by atoms with Crippen molar-refractivity contribution in [1.29, 1.82) is 0 Å². The van der Waals surface area contributed by atoms with Crippen LogP contribution in [0.1, 0.15) is 153 Å². The van der Waals surface area contributed by atoms with Gasteiger partial charge in [-0.1, -0.05) is 108 Å². The first-order valence-electron chi connectivity index (χ1n) is 44.2. The summed E-state index contributed by atoms with van der Waals surface area (Å²) >= 11 is 5.89. The van der Waals surface area contributed by atoms with Crippen LogP contribution in [0.4, 0.5) is 0 Å². The number of benzene rings is 8. The number of carbonyl (C=O) groups excluding carboxylic acids is 4. The Hall–Kier alpha value is -11.4. The highest BCUT2D eigenvalue weighted by Gasteiger charge is 2.26. The molecule has 0 saturated carbocycles. The van der Waals surface area contributed by atoms with Gasteiger partial charge in [-0.15, -0.1) is 0 Å². The van der Waals surface area contributed by atoms with E-state index in [0.717, 1.165) is 196 Å². The molecule has 126 heavy (non-hydrogen) atoms. The van der Waals surface area contributed by atoms with Crippen LogP contribution in [-0.4, -0.2) is 136 Å². The zero-order valence-electron chi connectivity index (χ0n) is 74.5. The SMILES string of the molecule is Cc1c(OC2CCN(C)CC2)ccc2cc(CC(=O)Cc3ccc(Cl)cc3)c(=O)oc12.Cc1ccc(CC(=O)Cc2cc3ccc(OC4CCN(C)CC4)c(C)c3oc2=O)cc1.Cc1ccc(CC(=O)Cc2cc3ccc(OC4CCN(C)CC4)c(C)c3oc2=O)cc1C.Cc1ccc(CC(=O)Cc2cc3ccc(OCCC4CCCCN4)c(C)c3oc2=O)cc1. The highest BCUT2D eigenvalue weighted by Crippen LogP contribution is 2.35. The van der Waals surface area contributed by atoms with Gasteiger partial charge in [-0.25, -0.2) is 19.2 Å². The van der Waals surface area contributed by atoms with Gasteiger partial charge in [-0.05, 0) is 259 Å². The Labute approximate surface area is 741 Å². The number of ketones is 4. The second kappa shape index (κ2) is 43.2.